The summed E-state index contributed by atoms with van der Waals surface area (Å²) in [6, 6.07) is 7.84. The lowest BCUT2D eigenvalue weighted by atomic mass is 9.95. The molecular weight excluding hydrogens is 216 g/mol. The molecule has 0 bridgehead atoms. The van der Waals surface area contributed by atoms with Crippen molar-refractivity contribution in [2.45, 2.75) is 10.9 Å². The Morgan fingerprint density at radius 3 is 2.83 bits per heavy atom. The average Bonchev–Trinajstić information content (AvgIpc) is 2.04. The van der Waals surface area contributed by atoms with Crippen molar-refractivity contribution in [3.8, 4) is 0 Å². The first-order valence-electron chi connectivity index (χ1n) is 3.87. The molecule has 1 aromatic carbocycles. The first-order valence-corrected chi connectivity index (χ1v) is 4.67. The summed E-state index contributed by atoms with van der Waals surface area (Å²) in [6.07, 6.45) is 4.63. The SMILES string of the molecule is OC1(Br)CC=Cc2ccccc21. The lowest BCUT2D eigenvalue weighted by Gasteiger charge is -2.25. The van der Waals surface area contributed by atoms with E-state index in [1.165, 1.54) is 0 Å². The highest BCUT2D eigenvalue weighted by molar-refractivity contribution is 9.09. The van der Waals surface area contributed by atoms with Gasteiger partial charge in [0.1, 0.15) is 4.51 Å². The maximum atomic E-state index is 9.89. The highest BCUT2D eigenvalue weighted by atomic mass is 79.9. The standard InChI is InChI=1S/C10H9BrO/c11-10(12)7-3-5-8-4-1-2-6-9(8)10/h1-6,12H,7H2. The zero-order valence-corrected chi connectivity index (χ0v) is 8.08. The number of benzene rings is 1. The van der Waals surface area contributed by atoms with E-state index in [0.29, 0.717) is 6.42 Å². The van der Waals surface area contributed by atoms with Gasteiger partial charge in [0, 0.05) is 12.0 Å². The van der Waals surface area contributed by atoms with Crippen LogP contribution < -0.4 is 0 Å². The van der Waals surface area contributed by atoms with Gasteiger partial charge in [-0.05, 0) is 21.5 Å². The van der Waals surface area contributed by atoms with Gasteiger partial charge in [-0.3, -0.25) is 0 Å². The van der Waals surface area contributed by atoms with Crippen molar-refractivity contribution >= 4 is 22.0 Å². The van der Waals surface area contributed by atoms with Gasteiger partial charge in [-0.15, -0.1) is 0 Å². The molecule has 62 valence electrons. The molecule has 1 aliphatic rings. The fourth-order valence-electron chi connectivity index (χ4n) is 1.44. The molecular formula is C10H9BrO. The van der Waals surface area contributed by atoms with Crippen LogP contribution in [0.1, 0.15) is 17.5 Å². The summed E-state index contributed by atoms with van der Waals surface area (Å²) in [5.41, 5.74) is 2.04. The van der Waals surface area contributed by atoms with Gasteiger partial charge in [-0.2, -0.15) is 0 Å². The summed E-state index contributed by atoms with van der Waals surface area (Å²) in [5.74, 6) is 0. The van der Waals surface area contributed by atoms with E-state index in [-0.39, 0.29) is 0 Å². The predicted molar refractivity (Wildman–Crippen MR) is 52.9 cm³/mol. The lowest BCUT2D eigenvalue weighted by molar-refractivity contribution is 0.148. The summed E-state index contributed by atoms with van der Waals surface area (Å²) < 4.78 is -0.863. The number of aliphatic hydroxyl groups is 1. The molecule has 0 radical (unpaired) electrons. The van der Waals surface area contributed by atoms with E-state index in [2.05, 4.69) is 15.9 Å². The molecule has 0 aromatic heterocycles. The van der Waals surface area contributed by atoms with Gasteiger partial charge in [0.05, 0.1) is 0 Å². The highest BCUT2D eigenvalue weighted by Gasteiger charge is 2.28. The van der Waals surface area contributed by atoms with Gasteiger partial charge in [0.2, 0.25) is 0 Å². The van der Waals surface area contributed by atoms with E-state index in [0.717, 1.165) is 11.1 Å². The molecule has 12 heavy (non-hydrogen) atoms. The third kappa shape index (κ3) is 1.21. The second-order valence-electron chi connectivity index (χ2n) is 2.95. The maximum absolute atomic E-state index is 9.89. The van der Waals surface area contributed by atoms with Crippen LogP contribution in [0.5, 0.6) is 0 Å². The Bertz CT molecular complexity index is 328. The van der Waals surface area contributed by atoms with Crippen LogP contribution in [0.3, 0.4) is 0 Å². The molecule has 0 heterocycles. The topological polar surface area (TPSA) is 20.2 Å². The van der Waals surface area contributed by atoms with Crippen molar-refractivity contribution in [2.24, 2.45) is 0 Å². The number of rotatable bonds is 0. The van der Waals surface area contributed by atoms with Crippen molar-refractivity contribution in [3.63, 3.8) is 0 Å². The zero-order valence-electron chi connectivity index (χ0n) is 6.50. The Kier molecular flexibility index (Phi) is 1.81. The van der Waals surface area contributed by atoms with Crippen molar-refractivity contribution in [1.29, 1.82) is 0 Å². The van der Waals surface area contributed by atoms with E-state index in [4.69, 9.17) is 0 Å². The number of alkyl halides is 1. The van der Waals surface area contributed by atoms with Crippen molar-refractivity contribution in [1.82, 2.24) is 0 Å². The van der Waals surface area contributed by atoms with Crippen LogP contribution in [0.25, 0.3) is 6.08 Å². The van der Waals surface area contributed by atoms with Gasteiger partial charge in [-0.1, -0.05) is 36.4 Å². The van der Waals surface area contributed by atoms with E-state index in [9.17, 15) is 5.11 Å². The minimum absolute atomic E-state index is 0.629. The second kappa shape index (κ2) is 2.71. The third-order valence-electron chi connectivity index (χ3n) is 2.06. The van der Waals surface area contributed by atoms with Gasteiger partial charge < -0.3 is 5.11 Å². The van der Waals surface area contributed by atoms with Crippen LogP contribution in [0, 0.1) is 0 Å². The normalized spacial score (nSPS) is 26.8. The smallest absolute Gasteiger partial charge is 0.148 e. The largest absolute Gasteiger partial charge is 0.374 e. The van der Waals surface area contributed by atoms with Crippen LogP contribution in [-0.2, 0) is 4.51 Å². The van der Waals surface area contributed by atoms with Gasteiger partial charge in [0.15, 0.2) is 0 Å². The van der Waals surface area contributed by atoms with Crippen molar-refractivity contribution < 1.29 is 5.11 Å². The molecule has 2 heteroatoms. The minimum atomic E-state index is -0.863. The summed E-state index contributed by atoms with van der Waals surface area (Å²) >= 11 is 3.30. The summed E-state index contributed by atoms with van der Waals surface area (Å²) in [6.45, 7) is 0. The third-order valence-corrected chi connectivity index (χ3v) is 2.81. The Balaban J connectivity index is 2.60. The number of halogens is 1. The Morgan fingerprint density at radius 2 is 2.08 bits per heavy atom. The van der Waals surface area contributed by atoms with E-state index in [1.54, 1.807) is 0 Å². The van der Waals surface area contributed by atoms with E-state index >= 15 is 0 Å². The number of fused-ring (bicyclic) bond motifs is 1. The minimum Gasteiger partial charge on any atom is -0.374 e. The molecule has 1 nitrogen and oxygen atoms in total. The second-order valence-corrected chi connectivity index (χ2v) is 4.26. The molecule has 0 spiro atoms. The number of hydrogen-bond acceptors (Lipinski definition) is 1. The lowest BCUT2D eigenvalue weighted by Crippen LogP contribution is -2.19. The predicted octanol–water partition coefficient (Wildman–Crippen LogP) is 2.64. The van der Waals surface area contributed by atoms with Crippen LogP contribution in [-0.4, -0.2) is 5.11 Å². The van der Waals surface area contributed by atoms with E-state index in [1.807, 2.05) is 36.4 Å². The molecule has 0 saturated heterocycles. The summed E-state index contributed by atoms with van der Waals surface area (Å²) in [7, 11) is 0. The molecule has 0 fully saturated rings. The quantitative estimate of drug-likeness (QED) is 0.673. The molecule has 0 amide bonds. The highest BCUT2D eigenvalue weighted by Crippen LogP contribution is 2.38. The van der Waals surface area contributed by atoms with Crippen LogP contribution in [0.4, 0.5) is 0 Å². The maximum Gasteiger partial charge on any atom is 0.148 e. The average molecular weight is 225 g/mol. The van der Waals surface area contributed by atoms with Crippen LogP contribution in [0.15, 0.2) is 30.3 Å². The first kappa shape index (κ1) is 8.02. The van der Waals surface area contributed by atoms with Gasteiger partial charge in [-0.25, -0.2) is 0 Å². The van der Waals surface area contributed by atoms with Crippen LogP contribution >= 0.6 is 15.9 Å². The fraction of sp³-hybridized carbons (Fsp3) is 0.200. The van der Waals surface area contributed by atoms with Crippen molar-refractivity contribution in [3.05, 3.63) is 41.5 Å². The Hall–Kier alpha value is -0.600. The molecule has 1 unspecified atom stereocenters. The molecule has 1 aromatic rings. The van der Waals surface area contributed by atoms with E-state index < -0.39 is 4.51 Å². The number of hydrogen-bond donors (Lipinski definition) is 1. The molecule has 2 rings (SSSR count). The molecule has 1 N–H and O–H groups in total. The zero-order chi connectivity index (χ0) is 8.60. The fourth-order valence-corrected chi connectivity index (χ4v) is 1.99. The molecule has 1 atom stereocenters. The molecule has 0 saturated carbocycles. The van der Waals surface area contributed by atoms with Crippen LogP contribution in [0.2, 0.25) is 0 Å². The Labute approximate surface area is 79.9 Å². The van der Waals surface area contributed by atoms with Gasteiger partial charge in [0.25, 0.3) is 0 Å². The Morgan fingerprint density at radius 1 is 1.33 bits per heavy atom. The van der Waals surface area contributed by atoms with Gasteiger partial charge >= 0.3 is 0 Å². The molecule has 0 aliphatic heterocycles. The van der Waals surface area contributed by atoms with Crippen molar-refractivity contribution in [2.75, 3.05) is 0 Å². The first-order chi connectivity index (χ1) is 5.70. The summed E-state index contributed by atoms with van der Waals surface area (Å²) in [5, 5.41) is 9.89. The monoisotopic (exact) mass is 224 g/mol. The molecule has 1 aliphatic carbocycles. The summed E-state index contributed by atoms with van der Waals surface area (Å²) in [4.78, 5) is 0.